The second-order valence-corrected chi connectivity index (χ2v) is 4.88. The molecule has 1 saturated heterocycles. The molecule has 17 heavy (non-hydrogen) atoms. The molecule has 0 saturated carbocycles. The van der Waals surface area contributed by atoms with Gasteiger partial charge in [-0.1, -0.05) is 19.8 Å². The first-order chi connectivity index (χ1) is 7.99. The summed E-state index contributed by atoms with van der Waals surface area (Å²) in [5, 5.41) is 15.0. The number of carbonyl (C=O) groups is 2. The maximum atomic E-state index is 12.0. The van der Waals surface area contributed by atoms with E-state index in [4.69, 9.17) is 0 Å². The van der Waals surface area contributed by atoms with Crippen LogP contribution in [-0.4, -0.2) is 35.1 Å². The summed E-state index contributed by atoms with van der Waals surface area (Å²) >= 11 is 0. The molecular weight excluding hydrogens is 220 g/mol. The smallest absolute Gasteiger partial charge is 0.329 e. The molecule has 0 aromatic rings. The zero-order valence-electron chi connectivity index (χ0n) is 10.6. The average Bonchev–Trinajstić information content (AvgIpc) is 2.30. The summed E-state index contributed by atoms with van der Waals surface area (Å²) in [6.07, 6.45) is 4.05. The number of carboxylic acid groups (broad SMARTS) is 1. The Morgan fingerprint density at radius 2 is 2.18 bits per heavy atom. The van der Waals surface area contributed by atoms with Gasteiger partial charge in [-0.05, 0) is 32.7 Å². The molecule has 0 spiro atoms. The summed E-state index contributed by atoms with van der Waals surface area (Å²) in [6, 6.07) is -0.237. The van der Waals surface area contributed by atoms with E-state index >= 15 is 0 Å². The molecular formula is C12H22N2O3. The summed E-state index contributed by atoms with van der Waals surface area (Å²) in [6.45, 7) is 4.31. The summed E-state index contributed by atoms with van der Waals surface area (Å²) in [5.41, 5.74) is -1.15. The third kappa shape index (κ3) is 3.70. The Morgan fingerprint density at radius 3 is 2.65 bits per heavy atom. The van der Waals surface area contributed by atoms with E-state index in [0.29, 0.717) is 6.42 Å². The van der Waals surface area contributed by atoms with Crippen molar-refractivity contribution in [3.63, 3.8) is 0 Å². The zero-order chi connectivity index (χ0) is 12.9. The molecule has 1 aliphatic rings. The Bertz CT molecular complexity index is 287. The van der Waals surface area contributed by atoms with Gasteiger partial charge in [0.2, 0.25) is 5.91 Å². The quantitative estimate of drug-likeness (QED) is 0.669. The first kappa shape index (κ1) is 14.0. The highest BCUT2D eigenvalue weighted by molar-refractivity contribution is 5.89. The highest BCUT2D eigenvalue weighted by Gasteiger charge is 2.35. The zero-order valence-corrected chi connectivity index (χ0v) is 10.6. The highest BCUT2D eigenvalue weighted by Crippen LogP contribution is 2.14. The van der Waals surface area contributed by atoms with Gasteiger partial charge in [-0.3, -0.25) is 4.79 Å². The summed E-state index contributed by atoms with van der Waals surface area (Å²) in [7, 11) is 0. The minimum absolute atomic E-state index is 0.192. The van der Waals surface area contributed by atoms with E-state index in [1.54, 1.807) is 6.92 Å². The van der Waals surface area contributed by atoms with Gasteiger partial charge in [-0.15, -0.1) is 0 Å². The molecule has 0 aliphatic carbocycles. The topological polar surface area (TPSA) is 78.4 Å². The van der Waals surface area contributed by atoms with Crippen LogP contribution in [0.15, 0.2) is 0 Å². The standard InChI is InChI=1S/C12H22N2O3/c1-3-7-12(2,11(16)17)14-10(15)9-6-4-5-8-13-9/h9,13H,3-8H2,1-2H3,(H,14,15)(H,16,17)/t9-,12?/m1/s1. The Labute approximate surface area is 102 Å². The molecule has 0 bridgehead atoms. The molecule has 98 valence electrons. The third-order valence-corrected chi connectivity index (χ3v) is 3.25. The fourth-order valence-corrected chi connectivity index (χ4v) is 2.16. The molecule has 1 rings (SSSR count). The van der Waals surface area contributed by atoms with Crippen LogP contribution < -0.4 is 10.6 Å². The van der Waals surface area contributed by atoms with Gasteiger partial charge in [0.25, 0.3) is 0 Å². The van der Waals surface area contributed by atoms with E-state index in [2.05, 4.69) is 10.6 Å². The lowest BCUT2D eigenvalue weighted by Crippen LogP contribution is -2.57. The molecule has 2 atom stereocenters. The average molecular weight is 242 g/mol. The van der Waals surface area contributed by atoms with Crippen LogP contribution >= 0.6 is 0 Å². The van der Waals surface area contributed by atoms with Crippen LogP contribution in [0.2, 0.25) is 0 Å². The van der Waals surface area contributed by atoms with Crippen LogP contribution in [0.25, 0.3) is 0 Å². The van der Waals surface area contributed by atoms with Crippen LogP contribution in [0.1, 0.15) is 46.0 Å². The Morgan fingerprint density at radius 1 is 1.47 bits per heavy atom. The van der Waals surface area contributed by atoms with Gasteiger partial charge in [0.05, 0.1) is 6.04 Å². The van der Waals surface area contributed by atoms with E-state index in [1.807, 2.05) is 6.92 Å². The van der Waals surface area contributed by atoms with Crippen LogP contribution in [0, 0.1) is 0 Å². The van der Waals surface area contributed by atoms with Gasteiger partial charge >= 0.3 is 5.97 Å². The molecule has 1 heterocycles. The van der Waals surface area contributed by atoms with E-state index in [-0.39, 0.29) is 11.9 Å². The van der Waals surface area contributed by atoms with E-state index in [1.165, 1.54) is 0 Å². The van der Waals surface area contributed by atoms with E-state index in [9.17, 15) is 14.7 Å². The lowest BCUT2D eigenvalue weighted by Gasteiger charge is -2.30. The van der Waals surface area contributed by atoms with Crippen molar-refractivity contribution >= 4 is 11.9 Å². The van der Waals surface area contributed by atoms with Crippen molar-refractivity contribution in [2.45, 2.75) is 57.5 Å². The number of piperidine rings is 1. The Hall–Kier alpha value is -1.10. The molecule has 1 unspecified atom stereocenters. The number of amides is 1. The van der Waals surface area contributed by atoms with Crippen molar-refractivity contribution in [3.05, 3.63) is 0 Å². The van der Waals surface area contributed by atoms with Crippen LogP contribution in [-0.2, 0) is 9.59 Å². The SMILES string of the molecule is CCCC(C)(NC(=O)[C@H]1CCCCN1)C(=O)O. The summed E-state index contributed by atoms with van der Waals surface area (Å²) < 4.78 is 0. The van der Waals surface area contributed by atoms with Crippen LogP contribution in [0.4, 0.5) is 0 Å². The lowest BCUT2D eigenvalue weighted by atomic mass is 9.95. The molecule has 1 amide bonds. The maximum Gasteiger partial charge on any atom is 0.329 e. The fraction of sp³-hybridized carbons (Fsp3) is 0.833. The molecule has 5 heteroatoms. The number of carbonyl (C=O) groups excluding carboxylic acids is 1. The van der Waals surface area contributed by atoms with E-state index in [0.717, 1.165) is 32.2 Å². The Kier molecular flexibility index (Phi) is 4.93. The van der Waals surface area contributed by atoms with Crippen LogP contribution in [0.3, 0.4) is 0 Å². The van der Waals surface area contributed by atoms with E-state index < -0.39 is 11.5 Å². The molecule has 0 aromatic heterocycles. The van der Waals surface area contributed by atoms with Crippen molar-refractivity contribution in [1.29, 1.82) is 0 Å². The number of nitrogens with one attached hydrogen (secondary N) is 2. The molecule has 1 aliphatic heterocycles. The maximum absolute atomic E-state index is 12.0. The molecule has 1 fully saturated rings. The highest BCUT2D eigenvalue weighted by atomic mass is 16.4. The first-order valence-electron chi connectivity index (χ1n) is 6.28. The second kappa shape index (κ2) is 6.00. The van der Waals surface area contributed by atoms with Crippen molar-refractivity contribution in [1.82, 2.24) is 10.6 Å². The van der Waals surface area contributed by atoms with Crippen molar-refractivity contribution in [2.24, 2.45) is 0 Å². The summed E-state index contributed by atoms with van der Waals surface area (Å²) in [4.78, 5) is 23.2. The number of carboxylic acids is 1. The van der Waals surface area contributed by atoms with Crippen molar-refractivity contribution in [2.75, 3.05) is 6.54 Å². The molecule has 5 nitrogen and oxygen atoms in total. The monoisotopic (exact) mass is 242 g/mol. The Balaban J connectivity index is 2.60. The largest absolute Gasteiger partial charge is 0.480 e. The fourth-order valence-electron chi connectivity index (χ4n) is 2.16. The first-order valence-corrected chi connectivity index (χ1v) is 6.28. The molecule has 0 aromatic carbocycles. The van der Waals surface area contributed by atoms with Crippen molar-refractivity contribution in [3.8, 4) is 0 Å². The summed E-state index contributed by atoms with van der Waals surface area (Å²) in [5.74, 6) is -1.16. The number of hydrogen-bond acceptors (Lipinski definition) is 3. The van der Waals surface area contributed by atoms with Crippen LogP contribution in [0.5, 0.6) is 0 Å². The predicted octanol–water partition coefficient (Wildman–Crippen LogP) is 0.888. The van der Waals surface area contributed by atoms with Crippen molar-refractivity contribution < 1.29 is 14.7 Å². The lowest BCUT2D eigenvalue weighted by molar-refractivity contribution is -0.147. The molecule has 3 N–H and O–H groups in total. The van der Waals surface area contributed by atoms with Gasteiger partial charge in [0, 0.05) is 0 Å². The number of aliphatic carboxylic acids is 1. The molecule has 0 radical (unpaired) electrons. The van der Waals surface area contributed by atoms with Gasteiger partial charge in [-0.2, -0.15) is 0 Å². The third-order valence-electron chi connectivity index (χ3n) is 3.25. The van der Waals surface area contributed by atoms with Gasteiger partial charge in [0.1, 0.15) is 5.54 Å². The minimum atomic E-state index is -1.15. The van der Waals surface area contributed by atoms with Gasteiger partial charge < -0.3 is 15.7 Å². The number of hydrogen-bond donors (Lipinski definition) is 3. The second-order valence-electron chi connectivity index (χ2n) is 4.88. The predicted molar refractivity (Wildman–Crippen MR) is 64.7 cm³/mol. The number of rotatable bonds is 5. The minimum Gasteiger partial charge on any atom is -0.480 e. The van der Waals surface area contributed by atoms with Gasteiger partial charge in [-0.25, -0.2) is 4.79 Å². The normalized spacial score (nSPS) is 23.8. The van der Waals surface area contributed by atoms with Gasteiger partial charge in [0.15, 0.2) is 0 Å².